The number of thioether (sulfide) groups is 1. The van der Waals surface area contributed by atoms with Crippen LogP contribution >= 0.6 is 11.8 Å². The van der Waals surface area contributed by atoms with E-state index in [0.717, 1.165) is 5.52 Å². The van der Waals surface area contributed by atoms with E-state index in [1.165, 1.54) is 18.0 Å². The Labute approximate surface area is 136 Å². The van der Waals surface area contributed by atoms with E-state index >= 15 is 0 Å². The number of hydrogen-bond donors (Lipinski definition) is 1. The van der Waals surface area contributed by atoms with E-state index in [4.69, 9.17) is 8.83 Å². The summed E-state index contributed by atoms with van der Waals surface area (Å²) in [7, 11) is 0. The van der Waals surface area contributed by atoms with Gasteiger partial charge in [0, 0.05) is 6.21 Å². The molecule has 3 aromatic rings. The molecule has 0 aliphatic heterocycles. The monoisotopic (exact) mass is 327 g/mol. The van der Waals surface area contributed by atoms with Crippen LogP contribution in [0.25, 0.3) is 17.2 Å². The van der Waals surface area contributed by atoms with Crippen LogP contribution in [-0.2, 0) is 4.79 Å². The number of carbonyl (C=O) groups excluding carboxylic acids is 1. The highest BCUT2D eigenvalue weighted by atomic mass is 32.2. The maximum absolute atomic E-state index is 11.7. The molecule has 0 saturated heterocycles. The van der Waals surface area contributed by atoms with Crippen molar-refractivity contribution in [1.82, 2.24) is 10.4 Å². The predicted octanol–water partition coefficient (Wildman–Crippen LogP) is 3.33. The van der Waals surface area contributed by atoms with Gasteiger partial charge in [-0.05, 0) is 36.4 Å². The molecule has 0 saturated carbocycles. The van der Waals surface area contributed by atoms with Crippen LogP contribution in [0, 0.1) is 0 Å². The fourth-order valence-corrected chi connectivity index (χ4v) is 2.38. The van der Waals surface area contributed by atoms with Gasteiger partial charge in [-0.25, -0.2) is 10.4 Å². The molecule has 1 N–H and O–H groups in total. The fraction of sp³-hybridized carbons (Fsp3) is 0.0625. The summed E-state index contributed by atoms with van der Waals surface area (Å²) in [6, 6.07) is 11.1. The van der Waals surface area contributed by atoms with Gasteiger partial charge >= 0.3 is 0 Å². The Bertz CT molecular complexity index is 804. The van der Waals surface area contributed by atoms with Crippen molar-refractivity contribution in [3.05, 3.63) is 54.5 Å². The summed E-state index contributed by atoms with van der Waals surface area (Å²) in [5, 5.41) is 4.27. The molecule has 23 heavy (non-hydrogen) atoms. The molecule has 0 aliphatic rings. The van der Waals surface area contributed by atoms with Crippen LogP contribution in [0.1, 0.15) is 5.76 Å². The highest BCUT2D eigenvalue weighted by Gasteiger charge is 2.08. The Kier molecular flexibility index (Phi) is 4.90. The van der Waals surface area contributed by atoms with Crippen LogP contribution in [0.5, 0.6) is 0 Å². The van der Waals surface area contributed by atoms with Gasteiger partial charge in [0.2, 0.25) is 0 Å². The third kappa shape index (κ3) is 4.33. The number of benzene rings is 1. The van der Waals surface area contributed by atoms with Gasteiger partial charge in [0.15, 0.2) is 5.58 Å². The van der Waals surface area contributed by atoms with Crippen LogP contribution in [0.15, 0.2) is 67.9 Å². The Morgan fingerprint density at radius 2 is 2.22 bits per heavy atom. The summed E-state index contributed by atoms with van der Waals surface area (Å²) in [5.41, 5.74) is 3.90. The quantitative estimate of drug-likeness (QED) is 0.427. The largest absolute Gasteiger partial charge is 0.465 e. The standard InChI is InChI=1S/C16H13N3O3S/c20-15(19-17-9-3-5-12-6-4-10-21-12)11-23-16-18-13-7-1-2-8-14(13)22-16/h1-10H,11H2,(H,19,20)/b5-3+,17-9+. The normalized spacial score (nSPS) is 11.7. The predicted molar refractivity (Wildman–Crippen MR) is 89.1 cm³/mol. The van der Waals surface area contributed by atoms with Gasteiger partial charge in [0.25, 0.3) is 11.1 Å². The first-order valence-electron chi connectivity index (χ1n) is 6.82. The van der Waals surface area contributed by atoms with Crippen molar-refractivity contribution in [2.75, 3.05) is 5.75 Å². The molecule has 116 valence electrons. The Morgan fingerprint density at radius 3 is 3.04 bits per heavy atom. The summed E-state index contributed by atoms with van der Waals surface area (Å²) < 4.78 is 10.6. The van der Waals surface area contributed by atoms with Gasteiger partial charge in [-0.1, -0.05) is 23.9 Å². The lowest BCUT2D eigenvalue weighted by Crippen LogP contribution is -2.19. The average Bonchev–Trinajstić information content (AvgIpc) is 3.21. The van der Waals surface area contributed by atoms with Crippen molar-refractivity contribution in [2.45, 2.75) is 5.22 Å². The van der Waals surface area contributed by atoms with Crippen molar-refractivity contribution < 1.29 is 13.6 Å². The summed E-state index contributed by atoms with van der Waals surface area (Å²) in [4.78, 5) is 15.9. The topological polar surface area (TPSA) is 80.6 Å². The highest BCUT2D eigenvalue weighted by molar-refractivity contribution is 7.99. The number of fused-ring (bicyclic) bond motifs is 1. The number of para-hydroxylation sites is 2. The Hall–Kier alpha value is -2.80. The second kappa shape index (κ2) is 7.46. The third-order valence-corrected chi connectivity index (χ3v) is 3.58. The van der Waals surface area contributed by atoms with E-state index in [0.29, 0.717) is 16.6 Å². The average molecular weight is 327 g/mol. The summed E-state index contributed by atoms with van der Waals surface area (Å²) in [5.74, 6) is 0.653. The molecular formula is C16H13N3O3S. The van der Waals surface area contributed by atoms with Crippen LogP contribution in [0.3, 0.4) is 0 Å². The number of allylic oxidation sites excluding steroid dienone is 1. The minimum absolute atomic E-state index is 0.173. The molecule has 7 heteroatoms. The van der Waals surface area contributed by atoms with Crippen LogP contribution in [0.2, 0.25) is 0 Å². The van der Waals surface area contributed by atoms with Gasteiger partial charge in [0.05, 0.1) is 12.0 Å². The van der Waals surface area contributed by atoms with Gasteiger partial charge in [0.1, 0.15) is 11.3 Å². The zero-order chi connectivity index (χ0) is 15.9. The van der Waals surface area contributed by atoms with Gasteiger partial charge in [-0.3, -0.25) is 4.79 Å². The first-order valence-corrected chi connectivity index (χ1v) is 7.80. The van der Waals surface area contributed by atoms with Crippen molar-refractivity contribution in [1.29, 1.82) is 0 Å². The molecule has 0 fully saturated rings. The maximum Gasteiger partial charge on any atom is 0.257 e. The minimum Gasteiger partial charge on any atom is -0.465 e. The first kappa shape index (κ1) is 15.1. The van der Waals surface area contributed by atoms with E-state index in [-0.39, 0.29) is 11.7 Å². The highest BCUT2D eigenvalue weighted by Crippen LogP contribution is 2.22. The van der Waals surface area contributed by atoms with E-state index < -0.39 is 0 Å². The number of carbonyl (C=O) groups is 1. The lowest BCUT2D eigenvalue weighted by Gasteiger charge is -1.95. The molecule has 0 spiro atoms. The number of oxazole rings is 1. The molecule has 2 heterocycles. The smallest absolute Gasteiger partial charge is 0.257 e. The number of hydrogen-bond acceptors (Lipinski definition) is 6. The summed E-state index contributed by atoms with van der Waals surface area (Å²) in [6.45, 7) is 0. The number of nitrogens with zero attached hydrogens (tertiary/aromatic N) is 2. The van der Waals surface area contributed by atoms with Crippen LogP contribution in [-0.4, -0.2) is 22.9 Å². The lowest BCUT2D eigenvalue weighted by molar-refractivity contribution is -0.118. The minimum atomic E-state index is -0.236. The number of aromatic nitrogens is 1. The molecular weight excluding hydrogens is 314 g/mol. The van der Waals surface area contributed by atoms with Gasteiger partial charge in [-0.2, -0.15) is 5.10 Å². The Balaban J connectivity index is 1.44. The molecule has 0 radical (unpaired) electrons. The van der Waals surface area contributed by atoms with E-state index in [1.807, 2.05) is 30.3 Å². The van der Waals surface area contributed by atoms with Crippen molar-refractivity contribution in [3.63, 3.8) is 0 Å². The first-order chi connectivity index (χ1) is 11.3. The van der Waals surface area contributed by atoms with Gasteiger partial charge in [-0.15, -0.1) is 0 Å². The fourth-order valence-electron chi connectivity index (χ4n) is 1.75. The van der Waals surface area contributed by atoms with E-state index in [2.05, 4.69) is 15.5 Å². The van der Waals surface area contributed by atoms with Crippen LogP contribution in [0.4, 0.5) is 0 Å². The van der Waals surface area contributed by atoms with Crippen molar-refractivity contribution >= 4 is 41.1 Å². The molecule has 1 aromatic carbocycles. The SMILES string of the molecule is O=C(CSc1nc2ccccc2o1)N/N=C/C=C/c1ccco1. The summed E-state index contributed by atoms with van der Waals surface area (Å²) >= 11 is 1.22. The summed E-state index contributed by atoms with van der Waals surface area (Å²) in [6.07, 6.45) is 6.47. The molecule has 6 nitrogen and oxygen atoms in total. The molecule has 0 atom stereocenters. The molecule has 3 rings (SSSR count). The third-order valence-electron chi connectivity index (χ3n) is 2.75. The van der Waals surface area contributed by atoms with Crippen molar-refractivity contribution in [2.24, 2.45) is 5.10 Å². The lowest BCUT2D eigenvalue weighted by atomic mass is 10.3. The zero-order valence-corrected chi connectivity index (χ0v) is 12.8. The maximum atomic E-state index is 11.7. The molecule has 0 unspecified atom stereocenters. The van der Waals surface area contributed by atoms with Crippen molar-refractivity contribution in [3.8, 4) is 0 Å². The number of hydrazone groups is 1. The molecule has 1 amide bonds. The zero-order valence-electron chi connectivity index (χ0n) is 12.0. The van der Waals surface area contributed by atoms with E-state index in [1.54, 1.807) is 24.5 Å². The second-order valence-electron chi connectivity index (χ2n) is 4.42. The Morgan fingerprint density at radius 1 is 1.30 bits per heavy atom. The van der Waals surface area contributed by atoms with Crippen LogP contribution < -0.4 is 5.43 Å². The number of nitrogens with one attached hydrogen (secondary N) is 1. The number of amides is 1. The number of rotatable bonds is 6. The molecule has 0 aliphatic carbocycles. The van der Waals surface area contributed by atoms with Gasteiger partial charge < -0.3 is 8.83 Å². The second-order valence-corrected chi connectivity index (χ2v) is 5.35. The van der Waals surface area contributed by atoms with E-state index in [9.17, 15) is 4.79 Å². The molecule has 0 bridgehead atoms. The molecule has 2 aromatic heterocycles. The number of furan rings is 1.